The van der Waals surface area contributed by atoms with Gasteiger partial charge in [0.25, 0.3) is 0 Å². The molecule has 0 spiro atoms. The van der Waals surface area contributed by atoms with Gasteiger partial charge >= 0.3 is 0 Å². The average molecular weight is 624 g/mol. The number of hydrogen-bond donors (Lipinski definition) is 0. The summed E-state index contributed by atoms with van der Waals surface area (Å²) in [6, 6.07) is 45.5. The number of nitrogens with zero attached hydrogens (tertiary/aromatic N) is 3. The van der Waals surface area contributed by atoms with Crippen molar-refractivity contribution in [2.75, 3.05) is 11.9 Å². The summed E-state index contributed by atoms with van der Waals surface area (Å²) in [5.41, 5.74) is 14.9. The molecule has 0 atom stereocenters. The third-order valence-corrected chi connectivity index (χ3v) is 10.5. The summed E-state index contributed by atoms with van der Waals surface area (Å²) in [6.07, 6.45) is 0. The molecule has 0 amide bonds. The van der Waals surface area contributed by atoms with Crippen molar-refractivity contribution in [3.63, 3.8) is 0 Å². The van der Waals surface area contributed by atoms with Crippen LogP contribution in [-0.2, 0) is 10.8 Å². The van der Waals surface area contributed by atoms with E-state index in [4.69, 9.17) is 0 Å². The number of rotatable bonds is 2. The molecule has 0 fully saturated rings. The number of benzene rings is 6. The van der Waals surface area contributed by atoms with Crippen LogP contribution in [0.3, 0.4) is 0 Å². The maximum atomic E-state index is 2.53. The molecule has 0 saturated heterocycles. The number of para-hydroxylation sites is 2. The summed E-state index contributed by atoms with van der Waals surface area (Å²) in [5.74, 6) is 0. The molecule has 3 nitrogen and oxygen atoms in total. The number of hydrogen-bond acceptors (Lipinski definition) is 1. The van der Waals surface area contributed by atoms with Crippen LogP contribution in [0, 0.1) is 0 Å². The van der Waals surface area contributed by atoms with Crippen molar-refractivity contribution in [3.05, 3.63) is 132 Å². The minimum atomic E-state index is 0.0110. The minimum Gasteiger partial charge on any atom is -0.342 e. The summed E-state index contributed by atoms with van der Waals surface area (Å²) >= 11 is 0. The summed E-state index contributed by atoms with van der Waals surface area (Å²) in [7, 11) is 2.24. The lowest BCUT2D eigenvalue weighted by molar-refractivity contribution is 0.568. The summed E-state index contributed by atoms with van der Waals surface area (Å²) < 4.78 is 5.00. The van der Waals surface area contributed by atoms with E-state index in [2.05, 4.69) is 184 Å². The molecule has 1 aliphatic heterocycles. The lowest BCUT2D eigenvalue weighted by Gasteiger charge is -2.28. The van der Waals surface area contributed by atoms with Crippen molar-refractivity contribution < 1.29 is 0 Å². The Balaban J connectivity index is 1.49. The molecule has 8 aromatic rings. The van der Waals surface area contributed by atoms with Gasteiger partial charge < -0.3 is 14.0 Å². The van der Waals surface area contributed by atoms with Crippen molar-refractivity contribution in [2.45, 2.75) is 52.4 Å². The van der Waals surface area contributed by atoms with Gasteiger partial charge in [-0.1, -0.05) is 108 Å². The molecule has 0 N–H and O–H groups in total. The van der Waals surface area contributed by atoms with Crippen molar-refractivity contribution in [2.24, 2.45) is 0 Å². The highest BCUT2D eigenvalue weighted by Crippen LogP contribution is 2.50. The summed E-state index contributed by atoms with van der Waals surface area (Å²) in [6.45, 7) is 13.9. The Morgan fingerprint density at radius 1 is 0.458 bits per heavy atom. The van der Waals surface area contributed by atoms with Crippen molar-refractivity contribution in [3.8, 4) is 22.5 Å². The first-order valence-corrected chi connectivity index (χ1v) is 17.1. The van der Waals surface area contributed by atoms with Gasteiger partial charge in [0.2, 0.25) is 0 Å². The molecule has 6 aromatic carbocycles. The fraction of sp³-hybridized carbons (Fsp3) is 0.200. The van der Waals surface area contributed by atoms with E-state index in [1.807, 2.05) is 0 Å². The van der Waals surface area contributed by atoms with E-state index in [0.29, 0.717) is 0 Å². The highest BCUT2D eigenvalue weighted by molar-refractivity contribution is 6.23. The normalized spacial score (nSPS) is 13.3. The molecule has 3 heteroatoms. The predicted octanol–water partition coefficient (Wildman–Crippen LogP) is 12.2. The molecule has 2 bridgehead atoms. The molecular weight excluding hydrogens is 583 g/mol. The Kier molecular flexibility index (Phi) is 5.94. The first-order valence-electron chi connectivity index (χ1n) is 17.1. The van der Waals surface area contributed by atoms with Crippen molar-refractivity contribution in [1.29, 1.82) is 0 Å². The van der Waals surface area contributed by atoms with Crippen molar-refractivity contribution in [1.82, 2.24) is 9.13 Å². The topological polar surface area (TPSA) is 13.1 Å². The van der Waals surface area contributed by atoms with Gasteiger partial charge in [-0.25, -0.2) is 0 Å². The van der Waals surface area contributed by atoms with E-state index < -0.39 is 0 Å². The van der Waals surface area contributed by atoms with E-state index >= 15 is 0 Å². The highest BCUT2D eigenvalue weighted by Gasteiger charge is 2.28. The third-order valence-electron chi connectivity index (χ3n) is 10.5. The fourth-order valence-corrected chi connectivity index (χ4v) is 7.96. The molecule has 2 aromatic heterocycles. The predicted molar refractivity (Wildman–Crippen MR) is 206 cm³/mol. The Morgan fingerprint density at radius 2 is 1.04 bits per heavy atom. The number of anilines is 2. The molecule has 236 valence electrons. The van der Waals surface area contributed by atoms with Crippen LogP contribution in [0.2, 0.25) is 0 Å². The lowest BCUT2D eigenvalue weighted by atomic mass is 9.80. The first kappa shape index (κ1) is 28.9. The van der Waals surface area contributed by atoms with Gasteiger partial charge in [-0.3, -0.25) is 0 Å². The van der Waals surface area contributed by atoms with Crippen LogP contribution >= 0.6 is 0 Å². The van der Waals surface area contributed by atoms with Gasteiger partial charge in [-0.15, -0.1) is 0 Å². The van der Waals surface area contributed by atoms with Crippen LogP contribution in [0.5, 0.6) is 0 Å². The third kappa shape index (κ3) is 4.06. The molecule has 9 rings (SSSR count). The molecule has 0 aliphatic carbocycles. The van der Waals surface area contributed by atoms with E-state index in [0.717, 1.165) is 0 Å². The quantitative estimate of drug-likeness (QED) is 0.187. The van der Waals surface area contributed by atoms with Crippen molar-refractivity contribution >= 4 is 55.0 Å². The van der Waals surface area contributed by atoms with Gasteiger partial charge in [0.05, 0.1) is 33.4 Å². The maximum absolute atomic E-state index is 2.53. The standard InChI is InChI=1S/C45H41N3/c1-44(2,3)29-25-30(45(4,5)6)27-32(26-29)47-38-21-13-18-33-28-14-12-15-31(24-28)46(7)43-40(23-22-39(47)42(43)41(33)38)48-36-19-10-8-16-34(36)35-17-9-11-20-37(35)48/h8-27H,1-7H3. The smallest absolute Gasteiger partial charge is 0.0755 e. The van der Waals surface area contributed by atoms with Crippen LogP contribution in [0.1, 0.15) is 52.7 Å². The Labute approximate surface area is 282 Å². The molecule has 1 aliphatic rings. The van der Waals surface area contributed by atoms with Crippen LogP contribution in [0.15, 0.2) is 121 Å². The highest BCUT2D eigenvalue weighted by atomic mass is 15.1. The monoisotopic (exact) mass is 623 g/mol. The van der Waals surface area contributed by atoms with Crippen LogP contribution in [0.25, 0.3) is 66.1 Å². The van der Waals surface area contributed by atoms with Gasteiger partial charge in [-0.2, -0.15) is 0 Å². The zero-order valence-corrected chi connectivity index (χ0v) is 28.9. The number of fused-ring (bicyclic) bond motifs is 6. The second-order valence-electron chi connectivity index (χ2n) is 15.6. The van der Waals surface area contributed by atoms with E-state index in [1.54, 1.807) is 0 Å². The second-order valence-corrected chi connectivity index (χ2v) is 15.6. The minimum absolute atomic E-state index is 0.0110. The van der Waals surface area contributed by atoms with Gasteiger partial charge in [0.1, 0.15) is 0 Å². The summed E-state index contributed by atoms with van der Waals surface area (Å²) in [4.78, 5) is 2.41. The van der Waals surface area contributed by atoms with Crippen LogP contribution < -0.4 is 4.90 Å². The molecular formula is C45H41N3. The van der Waals surface area contributed by atoms with Gasteiger partial charge in [-0.05, 0) is 87.7 Å². The van der Waals surface area contributed by atoms with E-state index in [9.17, 15) is 0 Å². The molecule has 3 heterocycles. The Bertz CT molecular complexity index is 2510. The van der Waals surface area contributed by atoms with Gasteiger partial charge in [0, 0.05) is 40.0 Å². The average Bonchev–Trinajstić information content (AvgIpc) is 3.59. The second kappa shape index (κ2) is 9.87. The zero-order chi connectivity index (χ0) is 33.1. The Morgan fingerprint density at radius 3 is 1.69 bits per heavy atom. The number of aromatic nitrogens is 2. The molecule has 0 radical (unpaired) electrons. The largest absolute Gasteiger partial charge is 0.342 e. The fourth-order valence-electron chi connectivity index (χ4n) is 7.96. The molecule has 0 unspecified atom stereocenters. The Hall–Kier alpha value is -5.28. The van der Waals surface area contributed by atoms with E-state index in [1.165, 1.54) is 88.6 Å². The zero-order valence-electron chi connectivity index (χ0n) is 28.9. The lowest BCUT2D eigenvalue weighted by Crippen LogP contribution is -2.17. The first-order chi connectivity index (χ1) is 23.0. The SMILES string of the molecule is CN1c2cccc(c2)-c2cccc3c2c2c1c(-n1c4ccccc4c4ccccc41)ccc2n3-c1cc(C(C)(C)C)cc(C(C)(C)C)c1. The molecule has 0 saturated carbocycles. The summed E-state index contributed by atoms with van der Waals surface area (Å²) in [5, 5.41) is 5.13. The maximum Gasteiger partial charge on any atom is 0.0755 e. The van der Waals surface area contributed by atoms with Gasteiger partial charge in [0.15, 0.2) is 0 Å². The van der Waals surface area contributed by atoms with E-state index in [-0.39, 0.29) is 10.8 Å². The van der Waals surface area contributed by atoms with Crippen LogP contribution in [0.4, 0.5) is 11.4 Å². The molecule has 48 heavy (non-hydrogen) atoms. The van der Waals surface area contributed by atoms with Crippen LogP contribution in [-0.4, -0.2) is 16.2 Å².